The number of aliphatic carboxylic acids is 1. The molecule has 5 heteroatoms. The molecule has 0 saturated heterocycles. The number of halogens is 1. The zero-order chi connectivity index (χ0) is 13.0. The van der Waals surface area contributed by atoms with Crippen molar-refractivity contribution >= 4 is 5.97 Å². The highest BCUT2D eigenvalue weighted by molar-refractivity contribution is 5.73. The molecule has 4 nitrogen and oxygen atoms in total. The predicted molar refractivity (Wildman–Crippen MR) is 62.1 cm³/mol. The molecule has 0 aliphatic carbocycles. The van der Waals surface area contributed by atoms with Gasteiger partial charge < -0.3 is 5.11 Å². The van der Waals surface area contributed by atoms with Crippen LogP contribution in [0.1, 0.15) is 31.9 Å². The Bertz CT molecular complexity index is 398. The van der Waals surface area contributed by atoms with Gasteiger partial charge in [0.15, 0.2) is 0 Å². The van der Waals surface area contributed by atoms with E-state index in [1.807, 2.05) is 13.8 Å². The van der Waals surface area contributed by atoms with E-state index in [4.69, 9.17) is 5.11 Å². The number of carboxylic acid groups (broad SMARTS) is 1. The standard InChI is InChI=1S/C12H17FN2O2/c1-4-11(12(16)17)15(3)8(2)9-5-10(13)7-14-6-9/h5-8,11H,4H2,1-3H3,(H,16,17). The smallest absolute Gasteiger partial charge is 0.320 e. The van der Waals surface area contributed by atoms with Crippen molar-refractivity contribution in [1.82, 2.24) is 9.88 Å². The third-order valence-corrected chi connectivity index (χ3v) is 2.98. The van der Waals surface area contributed by atoms with E-state index < -0.39 is 17.8 Å². The first kappa shape index (κ1) is 13.6. The zero-order valence-corrected chi connectivity index (χ0v) is 10.2. The second-order valence-corrected chi connectivity index (χ2v) is 4.04. The molecule has 1 aromatic rings. The molecule has 1 aromatic heterocycles. The van der Waals surface area contributed by atoms with Crippen molar-refractivity contribution in [2.75, 3.05) is 7.05 Å². The van der Waals surface area contributed by atoms with Crippen molar-refractivity contribution in [3.05, 3.63) is 29.8 Å². The molecule has 0 amide bonds. The summed E-state index contributed by atoms with van der Waals surface area (Å²) in [6.07, 6.45) is 3.18. The van der Waals surface area contributed by atoms with Gasteiger partial charge in [0.25, 0.3) is 0 Å². The van der Waals surface area contributed by atoms with Gasteiger partial charge in [0, 0.05) is 12.2 Å². The number of hydrogen-bond donors (Lipinski definition) is 1. The molecule has 0 radical (unpaired) electrons. The summed E-state index contributed by atoms with van der Waals surface area (Å²) < 4.78 is 13.0. The molecule has 2 atom stereocenters. The molecule has 17 heavy (non-hydrogen) atoms. The largest absolute Gasteiger partial charge is 0.480 e. The summed E-state index contributed by atoms with van der Waals surface area (Å²) >= 11 is 0. The molecule has 0 saturated carbocycles. The molecular formula is C12H17FN2O2. The molecule has 0 aromatic carbocycles. The lowest BCUT2D eigenvalue weighted by molar-refractivity contribution is -0.143. The number of likely N-dealkylation sites (N-methyl/N-ethyl adjacent to an activating group) is 1. The Labute approximate surface area is 100 Å². The minimum Gasteiger partial charge on any atom is -0.480 e. The Kier molecular flexibility index (Phi) is 4.57. The van der Waals surface area contributed by atoms with E-state index in [0.29, 0.717) is 12.0 Å². The van der Waals surface area contributed by atoms with E-state index in [-0.39, 0.29) is 6.04 Å². The van der Waals surface area contributed by atoms with Gasteiger partial charge in [-0.05, 0) is 32.0 Å². The highest BCUT2D eigenvalue weighted by atomic mass is 19.1. The number of pyridine rings is 1. The maximum atomic E-state index is 13.0. The van der Waals surface area contributed by atoms with Crippen molar-refractivity contribution in [1.29, 1.82) is 0 Å². The molecular weight excluding hydrogens is 223 g/mol. The van der Waals surface area contributed by atoms with Crippen LogP contribution in [0, 0.1) is 5.82 Å². The van der Waals surface area contributed by atoms with Gasteiger partial charge in [-0.25, -0.2) is 4.39 Å². The predicted octanol–water partition coefficient (Wildman–Crippen LogP) is 2.08. The van der Waals surface area contributed by atoms with E-state index in [0.717, 1.165) is 6.20 Å². The minimum absolute atomic E-state index is 0.195. The number of nitrogens with zero attached hydrogens (tertiary/aromatic N) is 2. The van der Waals surface area contributed by atoms with Crippen LogP contribution in [0.15, 0.2) is 18.5 Å². The Morgan fingerprint density at radius 3 is 2.71 bits per heavy atom. The molecule has 0 aliphatic rings. The normalized spacial score (nSPS) is 14.6. The highest BCUT2D eigenvalue weighted by Crippen LogP contribution is 2.21. The van der Waals surface area contributed by atoms with Crippen LogP contribution in [0.25, 0.3) is 0 Å². The van der Waals surface area contributed by atoms with Gasteiger partial charge in [0.2, 0.25) is 0 Å². The first-order valence-corrected chi connectivity index (χ1v) is 5.52. The van der Waals surface area contributed by atoms with E-state index in [1.165, 1.54) is 6.07 Å². The number of aromatic nitrogens is 1. The molecule has 1 rings (SSSR count). The molecule has 0 bridgehead atoms. The Hall–Kier alpha value is -1.49. The van der Waals surface area contributed by atoms with Crippen LogP contribution < -0.4 is 0 Å². The van der Waals surface area contributed by atoms with Gasteiger partial charge in [-0.2, -0.15) is 0 Å². The van der Waals surface area contributed by atoms with Gasteiger partial charge in [0.05, 0.1) is 6.20 Å². The zero-order valence-electron chi connectivity index (χ0n) is 10.2. The molecule has 1 heterocycles. The molecule has 1 N–H and O–H groups in total. The summed E-state index contributed by atoms with van der Waals surface area (Å²) in [7, 11) is 1.72. The van der Waals surface area contributed by atoms with Crippen molar-refractivity contribution in [2.45, 2.75) is 32.4 Å². The lowest BCUT2D eigenvalue weighted by atomic mass is 10.1. The summed E-state index contributed by atoms with van der Waals surface area (Å²) in [6.45, 7) is 3.65. The first-order chi connectivity index (χ1) is 7.97. The monoisotopic (exact) mass is 240 g/mol. The number of carbonyl (C=O) groups is 1. The quantitative estimate of drug-likeness (QED) is 0.856. The Morgan fingerprint density at radius 2 is 2.24 bits per heavy atom. The van der Waals surface area contributed by atoms with Crippen molar-refractivity contribution in [3.8, 4) is 0 Å². The van der Waals surface area contributed by atoms with Crippen LogP contribution in [-0.2, 0) is 4.79 Å². The van der Waals surface area contributed by atoms with E-state index >= 15 is 0 Å². The summed E-state index contributed by atoms with van der Waals surface area (Å²) in [4.78, 5) is 16.5. The Morgan fingerprint density at radius 1 is 1.59 bits per heavy atom. The van der Waals surface area contributed by atoms with E-state index in [2.05, 4.69) is 4.98 Å². The lowest BCUT2D eigenvalue weighted by Gasteiger charge is -2.29. The third-order valence-electron chi connectivity index (χ3n) is 2.98. The first-order valence-electron chi connectivity index (χ1n) is 5.52. The number of carboxylic acids is 1. The van der Waals surface area contributed by atoms with Crippen LogP contribution in [-0.4, -0.2) is 34.0 Å². The fourth-order valence-corrected chi connectivity index (χ4v) is 1.80. The van der Waals surface area contributed by atoms with Crippen LogP contribution in [0.3, 0.4) is 0 Å². The van der Waals surface area contributed by atoms with Crippen molar-refractivity contribution < 1.29 is 14.3 Å². The topological polar surface area (TPSA) is 53.4 Å². The van der Waals surface area contributed by atoms with Crippen molar-refractivity contribution in [3.63, 3.8) is 0 Å². The molecule has 0 aliphatic heterocycles. The summed E-state index contributed by atoms with van der Waals surface area (Å²) in [5, 5.41) is 9.06. The average molecular weight is 240 g/mol. The fourth-order valence-electron chi connectivity index (χ4n) is 1.80. The van der Waals surface area contributed by atoms with Crippen LogP contribution >= 0.6 is 0 Å². The second kappa shape index (κ2) is 5.72. The SMILES string of the molecule is CCC(C(=O)O)N(C)C(C)c1cncc(F)c1. The second-order valence-electron chi connectivity index (χ2n) is 4.04. The van der Waals surface area contributed by atoms with Crippen LogP contribution in [0.4, 0.5) is 4.39 Å². The van der Waals surface area contributed by atoms with E-state index in [1.54, 1.807) is 18.1 Å². The fraction of sp³-hybridized carbons (Fsp3) is 0.500. The van der Waals surface area contributed by atoms with Crippen LogP contribution in [0.2, 0.25) is 0 Å². The van der Waals surface area contributed by atoms with Gasteiger partial charge in [-0.1, -0.05) is 6.92 Å². The Balaban J connectivity index is 2.88. The van der Waals surface area contributed by atoms with Gasteiger partial charge in [-0.15, -0.1) is 0 Å². The van der Waals surface area contributed by atoms with Gasteiger partial charge in [0.1, 0.15) is 11.9 Å². The summed E-state index contributed by atoms with van der Waals surface area (Å²) in [5.74, 6) is -1.28. The molecule has 94 valence electrons. The van der Waals surface area contributed by atoms with Crippen molar-refractivity contribution in [2.24, 2.45) is 0 Å². The molecule has 0 spiro atoms. The number of rotatable bonds is 5. The molecule has 0 fully saturated rings. The van der Waals surface area contributed by atoms with Crippen LogP contribution in [0.5, 0.6) is 0 Å². The maximum Gasteiger partial charge on any atom is 0.320 e. The average Bonchev–Trinajstić information content (AvgIpc) is 2.28. The number of hydrogen-bond acceptors (Lipinski definition) is 3. The van der Waals surface area contributed by atoms with Gasteiger partial charge in [-0.3, -0.25) is 14.7 Å². The maximum absolute atomic E-state index is 13.0. The minimum atomic E-state index is -0.869. The third kappa shape index (κ3) is 3.23. The summed E-state index contributed by atoms with van der Waals surface area (Å²) in [5.41, 5.74) is 0.673. The lowest BCUT2D eigenvalue weighted by Crippen LogP contribution is -2.39. The summed E-state index contributed by atoms with van der Waals surface area (Å²) in [6, 6.07) is 0.607. The van der Waals surface area contributed by atoms with Gasteiger partial charge >= 0.3 is 5.97 Å². The molecule has 2 unspecified atom stereocenters. The van der Waals surface area contributed by atoms with E-state index in [9.17, 15) is 9.18 Å². The highest BCUT2D eigenvalue weighted by Gasteiger charge is 2.25.